The van der Waals surface area contributed by atoms with Crippen LogP contribution in [0.2, 0.25) is 0 Å². The first-order chi connectivity index (χ1) is 8.65. The lowest BCUT2D eigenvalue weighted by atomic mass is 10.0. The SMILES string of the molecule is COc1ccc(-c2cc(F)ccc2O)c(OC)c1. The minimum atomic E-state index is -0.416. The number of methoxy groups -OCH3 is 2. The zero-order valence-electron chi connectivity index (χ0n) is 10.1. The second-order valence-corrected chi connectivity index (χ2v) is 3.73. The van der Waals surface area contributed by atoms with Crippen molar-refractivity contribution in [2.45, 2.75) is 0 Å². The highest BCUT2D eigenvalue weighted by Crippen LogP contribution is 2.38. The van der Waals surface area contributed by atoms with Crippen LogP contribution in [0.1, 0.15) is 0 Å². The van der Waals surface area contributed by atoms with Gasteiger partial charge in [-0.3, -0.25) is 0 Å². The maximum Gasteiger partial charge on any atom is 0.130 e. The standard InChI is InChI=1S/C14H13FO3/c1-17-10-4-5-11(14(8-10)18-2)12-7-9(15)3-6-13(12)16/h3-8,16H,1-2H3. The van der Waals surface area contributed by atoms with Crippen molar-refractivity contribution in [3.8, 4) is 28.4 Å². The van der Waals surface area contributed by atoms with E-state index in [9.17, 15) is 9.50 Å². The molecule has 0 fully saturated rings. The largest absolute Gasteiger partial charge is 0.507 e. The number of benzene rings is 2. The molecular weight excluding hydrogens is 235 g/mol. The summed E-state index contributed by atoms with van der Waals surface area (Å²) in [6.07, 6.45) is 0. The predicted octanol–water partition coefficient (Wildman–Crippen LogP) is 3.22. The average molecular weight is 248 g/mol. The molecule has 0 saturated heterocycles. The molecule has 0 radical (unpaired) electrons. The van der Waals surface area contributed by atoms with Crippen LogP contribution in [0.15, 0.2) is 36.4 Å². The van der Waals surface area contributed by atoms with E-state index in [0.29, 0.717) is 22.6 Å². The van der Waals surface area contributed by atoms with Gasteiger partial charge in [0.2, 0.25) is 0 Å². The molecule has 0 atom stereocenters. The molecule has 3 nitrogen and oxygen atoms in total. The van der Waals surface area contributed by atoms with Crippen molar-refractivity contribution in [1.82, 2.24) is 0 Å². The van der Waals surface area contributed by atoms with E-state index in [0.717, 1.165) is 0 Å². The van der Waals surface area contributed by atoms with Crippen LogP contribution < -0.4 is 9.47 Å². The van der Waals surface area contributed by atoms with Crippen molar-refractivity contribution in [3.05, 3.63) is 42.2 Å². The van der Waals surface area contributed by atoms with Crippen LogP contribution in [0.25, 0.3) is 11.1 Å². The summed E-state index contributed by atoms with van der Waals surface area (Å²) in [5.74, 6) is 0.724. The monoisotopic (exact) mass is 248 g/mol. The molecule has 94 valence electrons. The Hall–Kier alpha value is -2.23. The van der Waals surface area contributed by atoms with Crippen LogP contribution in [0, 0.1) is 5.82 Å². The lowest BCUT2D eigenvalue weighted by molar-refractivity contribution is 0.395. The number of aromatic hydroxyl groups is 1. The van der Waals surface area contributed by atoms with Gasteiger partial charge in [-0.15, -0.1) is 0 Å². The summed E-state index contributed by atoms with van der Waals surface area (Å²) in [4.78, 5) is 0. The van der Waals surface area contributed by atoms with Crippen molar-refractivity contribution < 1.29 is 19.0 Å². The van der Waals surface area contributed by atoms with E-state index >= 15 is 0 Å². The molecule has 0 amide bonds. The number of hydrogen-bond donors (Lipinski definition) is 1. The third-order valence-corrected chi connectivity index (χ3v) is 2.66. The zero-order valence-corrected chi connectivity index (χ0v) is 10.1. The Balaban J connectivity index is 2.59. The van der Waals surface area contributed by atoms with Crippen LogP contribution >= 0.6 is 0 Å². The van der Waals surface area contributed by atoms with E-state index in [-0.39, 0.29) is 5.75 Å². The molecule has 0 aliphatic heterocycles. The molecule has 0 aliphatic carbocycles. The Morgan fingerprint density at radius 2 is 1.72 bits per heavy atom. The minimum Gasteiger partial charge on any atom is -0.507 e. The molecule has 2 aromatic carbocycles. The number of halogens is 1. The summed E-state index contributed by atoms with van der Waals surface area (Å²) in [5, 5.41) is 9.78. The first-order valence-electron chi connectivity index (χ1n) is 5.36. The van der Waals surface area contributed by atoms with Gasteiger partial charge in [-0.1, -0.05) is 0 Å². The second kappa shape index (κ2) is 4.96. The molecule has 0 aliphatic rings. The maximum absolute atomic E-state index is 13.2. The van der Waals surface area contributed by atoms with E-state index in [2.05, 4.69) is 0 Å². The predicted molar refractivity (Wildman–Crippen MR) is 66.6 cm³/mol. The van der Waals surface area contributed by atoms with E-state index in [1.807, 2.05) is 0 Å². The normalized spacial score (nSPS) is 10.2. The smallest absolute Gasteiger partial charge is 0.130 e. The van der Waals surface area contributed by atoms with Gasteiger partial charge in [-0.05, 0) is 30.3 Å². The molecule has 0 spiro atoms. The molecule has 2 rings (SSSR count). The van der Waals surface area contributed by atoms with Gasteiger partial charge in [0.1, 0.15) is 23.1 Å². The first-order valence-corrected chi connectivity index (χ1v) is 5.36. The number of phenolic OH excluding ortho intramolecular Hbond substituents is 1. The molecule has 0 aromatic heterocycles. The third kappa shape index (κ3) is 2.22. The Morgan fingerprint density at radius 1 is 0.944 bits per heavy atom. The first kappa shape index (κ1) is 12.2. The number of ether oxygens (including phenoxy) is 2. The number of rotatable bonds is 3. The van der Waals surface area contributed by atoms with E-state index < -0.39 is 5.82 Å². The fourth-order valence-electron chi connectivity index (χ4n) is 1.75. The van der Waals surface area contributed by atoms with Crippen molar-refractivity contribution in [2.24, 2.45) is 0 Å². The van der Waals surface area contributed by atoms with Gasteiger partial charge < -0.3 is 14.6 Å². The molecule has 4 heteroatoms. The molecule has 0 heterocycles. The summed E-state index contributed by atoms with van der Waals surface area (Å²) in [6.45, 7) is 0. The van der Waals surface area contributed by atoms with Gasteiger partial charge in [0.15, 0.2) is 0 Å². The summed E-state index contributed by atoms with van der Waals surface area (Å²) < 4.78 is 23.5. The molecular formula is C14H13FO3. The molecule has 2 aromatic rings. The summed E-state index contributed by atoms with van der Waals surface area (Å²) in [5.41, 5.74) is 0.991. The summed E-state index contributed by atoms with van der Waals surface area (Å²) in [7, 11) is 3.06. The number of phenols is 1. The van der Waals surface area contributed by atoms with Crippen LogP contribution in [0.3, 0.4) is 0 Å². The Bertz CT molecular complexity index is 567. The highest BCUT2D eigenvalue weighted by molar-refractivity contribution is 5.76. The molecule has 0 unspecified atom stereocenters. The minimum absolute atomic E-state index is 0.000123. The lowest BCUT2D eigenvalue weighted by Gasteiger charge is -2.11. The van der Waals surface area contributed by atoms with Gasteiger partial charge in [-0.25, -0.2) is 4.39 Å². The van der Waals surface area contributed by atoms with Gasteiger partial charge in [-0.2, -0.15) is 0 Å². The molecule has 0 saturated carbocycles. The second-order valence-electron chi connectivity index (χ2n) is 3.73. The fraction of sp³-hybridized carbons (Fsp3) is 0.143. The van der Waals surface area contributed by atoms with Crippen LogP contribution in [-0.4, -0.2) is 19.3 Å². The molecule has 18 heavy (non-hydrogen) atoms. The number of hydrogen-bond acceptors (Lipinski definition) is 3. The van der Waals surface area contributed by atoms with E-state index in [1.165, 1.54) is 25.3 Å². The lowest BCUT2D eigenvalue weighted by Crippen LogP contribution is -1.91. The Labute approximate surface area is 104 Å². The quantitative estimate of drug-likeness (QED) is 0.906. The van der Waals surface area contributed by atoms with Crippen molar-refractivity contribution >= 4 is 0 Å². The van der Waals surface area contributed by atoms with E-state index in [1.54, 1.807) is 25.3 Å². The molecule has 1 N–H and O–H groups in total. The maximum atomic E-state index is 13.2. The van der Waals surface area contributed by atoms with Crippen molar-refractivity contribution in [3.63, 3.8) is 0 Å². The fourth-order valence-corrected chi connectivity index (χ4v) is 1.75. The average Bonchev–Trinajstić information content (AvgIpc) is 2.41. The van der Waals surface area contributed by atoms with Crippen molar-refractivity contribution in [2.75, 3.05) is 14.2 Å². The van der Waals surface area contributed by atoms with Crippen LogP contribution in [0.5, 0.6) is 17.2 Å². The Morgan fingerprint density at radius 3 is 2.39 bits per heavy atom. The van der Waals surface area contributed by atoms with Crippen LogP contribution in [0.4, 0.5) is 4.39 Å². The van der Waals surface area contributed by atoms with Gasteiger partial charge in [0.25, 0.3) is 0 Å². The zero-order chi connectivity index (χ0) is 13.1. The van der Waals surface area contributed by atoms with Gasteiger partial charge >= 0.3 is 0 Å². The summed E-state index contributed by atoms with van der Waals surface area (Å²) in [6, 6.07) is 8.90. The van der Waals surface area contributed by atoms with Gasteiger partial charge in [0, 0.05) is 17.2 Å². The summed E-state index contributed by atoms with van der Waals surface area (Å²) >= 11 is 0. The van der Waals surface area contributed by atoms with E-state index in [4.69, 9.17) is 9.47 Å². The third-order valence-electron chi connectivity index (χ3n) is 2.66. The highest BCUT2D eigenvalue weighted by atomic mass is 19.1. The topological polar surface area (TPSA) is 38.7 Å². The molecule has 0 bridgehead atoms. The van der Waals surface area contributed by atoms with Gasteiger partial charge in [0.05, 0.1) is 14.2 Å². The highest BCUT2D eigenvalue weighted by Gasteiger charge is 2.12. The Kier molecular flexibility index (Phi) is 3.37. The van der Waals surface area contributed by atoms with Crippen molar-refractivity contribution in [1.29, 1.82) is 0 Å². The van der Waals surface area contributed by atoms with Crippen LogP contribution in [-0.2, 0) is 0 Å².